The van der Waals surface area contributed by atoms with E-state index in [0.717, 1.165) is 32.4 Å². The number of aliphatic hydroxyl groups excluding tert-OH is 1. The predicted molar refractivity (Wildman–Crippen MR) is 82.6 cm³/mol. The molecule has 4 heteroatoms. The van der Waals surface area contributed by atoms with Gasteiger partial charge >= 0.3 is 0 Å². The van der Waals surface area contributed by atoms with Crippen LogP contribution in [0.5, 0.6) is 0 Å². The standard InChI is InChI=1S/C16H32N2O2/c1-13(2)10-15(12-19)17-14(3)11-16(20)18-8-6-4-5-7-9-18/h13-15,17,19H,4-12H2,1-3H3. The fraction of sp³-hybridized carbons (Fsp3) is 0.938. The van der Waals surface area contributed by atoms with Gasteiger partial charge in [0.2, 0.25) is 5.91 Å². The highest BCUT2D eigenvalue weighted by atomic mass is 16.3. The molecule has 0 aromatic carbocycles. The second-order valence-electron chi connectivity index (χ2n) is 6.58. The minimum absolute atomic E-state index is 0.0990. The molecule has 2 atom stereocenters. The molecule has 2 N–H and O–H groups in total. The Balaban J connectivity index is 2.35. The van der Waals surface area contributed by atoms with E-state index in [9.17, 15) is 9.90 Å². The Morgan fingerprint density at radius 1 is 1.15 bits per heavy atom. The molecule has 2 unspecified atom stereocenters. The SMILES string of the molecule is CC(C)CC(CO)NC(C)CC(=O)N1CCCCCC1. The number of carbonyl (C=O) groups excluding carboxylic acids is 1. The zero-order valence-corrected chi connectivity index (χ0v) is 13.4. The predicted octanol–water partition coefficient (Wildman–Crippen LogP) is 2.16. The Hall–Kier alpha value is -0.610. The molecule has 4 nitrogen and oxygen atoms in total. The molecule has 0 aromatic rings. The molecule has 118 valence electrons. The molecule has 1 aliphatic heterocycles. The normalized spacial score (nSPS) is 19.8. The first-order valence-corrected chi connectivity index (χ1v) is 8.17. The fourth-order valence-corrected chi connectivity index (χ4v) is 2.94. The molecule has 0 spiro atoms. The third-order valence-electron chi connectivity index (χ3n) is 3.94. The molecule has 1 rings (SSSR count). The average Bonchev–Trinajstić information content (AvgIpc) is 2.66. The maximum atomic E-state index is 12.3. The van der Waals surface area contributed by atoms with E-state index >= 15 is 0 Å². The van der Waals surface area contributed by atoms with Crippen LogP contribution in [0.2, 0.25) is 0 Å². The lowest BCUT2D eigenvalue weighted by Gasteiger charge is -2.26. The highest BCUT2D eigenvalue weighted by Crippen LogP contribution is 2.12. The minimum Gasteiger partial charge on any atom is -0.395 e. The molecule has 1 saturated heterocycles. The Morgan fingerprint density at radius 3 is 2.25 bits per heavy atom. The molecule has 1 amide bonds. The quantitative estimate of drug-likeness (QED) is 0.753. The van der Waals surface area contributed by atoms with Crippen molar-refractivity contribution in [3.63, 3.8) is 0 Å². The van der Waals surface area contributed by atoms with Gasteiger partial charge in [0.05, 0.1) is 6.61 Å². The summed E-state index contributed by atoms with van der Waals surface area (Å²) in [5.74, 6) is 0.807. The molecular formula is C16H32N2O2. The fourth-order valence-electron chi connectivity index (χ4n) is 2.94. The van der Waals surface area contributed by atoms with Gasteiger partial charge in [-0.3, -0.25) is 4.79 Å². The van der Waals surface area contributed by atoms with Gasteiger partial charge in [0, 0.05) is 31.6 Å². The Labute approximate surface area is 123 Å². The molecule has 0 aromatic heterocycles. The van der Waals surface area contributed by atoms with Gasteiger partial charge in [-0.15, -0.1) is 0 Å². The Kier molecular flexibility index (Phi) is 8.15. The van der Waals surface area contributed by atoms with E-state index in [1.807, 2.05) is 11.8 Å². The van der Waals surface area contributed by atoms with Crippen molar-refractivity contribution in [2.75, 3.05) is 19.7 Å². The lowest BCUT2D eigenvalue weighted by atomic mass is 10.0. The number of hydrogen-bond donors (Lipinski definition) is 2. The van der Waals surface area contributed by atoms with E-state index in [4.69, 9.17) is 0 Å². The third kappa shape index (κ3) is 6.71. The summed E-state index contributed by atoms with van der Waals surface area (Å²) in [5, 5.41) is 12.8. The van der Waals surface area contributed by atoms with E-state index < -0.39 is 0 Å². The second-order valence-corrected chi connectivity index (χ2v) is 6.58. The maximum Gasteiger partial charge on any atom is 0.224 e. The number of nitrogens with one attached hydrogen (secondary N) is 1. The number of likely N-dealkylation sites (tertiary alicyclic amines) is 1. The third-order valence-corrected chi connectivity index (χ3v) is 3.94. The summed E-state index contributed by atoms with van der Waals surface area (Å²) in [6.07, 6.45) is 6.25. The van der Waals surface area contributed by atoms with Crippen LogP contribution in [0.1, 0.15) is 59.3 Å². The molecule has 0 radical (unpaired) electrons. The van der Waals surface area contributed by atoms with Crippen molar-refractivity contribution < 1.29 is 9.90 Å². The van der Waals surface area contributed by atoms with Gasteiger partial charge in [0.15, 0.2) is 0 Å². The van der Waals surface area contributed by atoms with Crippen LogP contribution in [0.3, 0.4) is 0 Å². The largest absolute Gasteiger partial charge is 0.395 e. The van der Waals surface area contributed by atoms with E-state index in [0.29, 0.717) is 12.3 Å². The smallest absolute Gasteiger partial charge is 0.224 e. The van der Waals surface area contributed by atoms with E-state index in [1.54, 1.807) is 0 Å². The molecule has 0 saturated carbocycles. The number of aliphatic hydroxyl groups is 1. The molecular weight excluding hydrogens is 252 g/mol. The molecule has 1 heterocycles. The van der Waals surface area contributed by atoms with E-state index in [2.05, 4.69) is 19.2 Å². The summed E-state index contributed by atoms with van der Waals surface area (Å²) in [5.41, 5.74) is 0. The van der Waals surface area contributed by atoms with Gasteiger partial charge < -0.3 is 15.3 Å². The van der Waals surface area contributed by atoms with Crippen LogP contribution < -0.4 is 5.32 Å². The summed E-state index contributed by atoms with van der Waals surface area (Å²) in [4.78, 5) is 14.3. The number of rotatable bonds is 7. The van der Waals surface area contributed by atoms with Crippen molar-refractivity contribution in [1.29, 1.82) is 0 Å². The van der Waals surface area contributed by atoms with Gasteiger partial charge in [-0.2, -0.15) is 0 Å². The first-order valence-electron chi connectivity index (χ1n) is 8.17. The topological polar surface area (TPSA) is 52.6 Å². The first-order chi connectivity index (χ1) is 9.52. The molecule has 0 aliphatic carbocycles. The summed E-state index contributed by atoms with van der Waals surface area (Å²) < 4.78 is 0. The molecule has 20 heavy (non-hydrogen) atoms. The molecule has 1 fully saturated rings. The number of amides is 1. The van der Waals surface area contributed by atoms with Crippen molar-refractivity contribution in [2.24, 2.45) is 5.92 Å². The number of hydrogen-bond acceptors (Lipinski definition) is 3. The van der Waals surface area contributed by atoms with Gasteiger partial charge in [0.25, 0.3) is 0 Å². The minimum atomic E-state index is 0.0990. The summed E-state index contributed by atoms with van der Waals surface area (Å²) >= 11 is 0. The Morgan fingerprint density at radius 2 is 1.75 bits per heavy atom. The van der Waals surface area contributed by atoms with Crippen molar-refractivity contribution in [1.82, 2.24) is 10.2 Å². The lowest BCUT2D eigenvalue weighted by molar-refractivity contribution is -0.131. The van der Waals surface area contributed by atoms with Crippen molar-refractivity contribution >= 4 is 5.91 Å². The number of carbonyl (C=O) groups is 1. The van der Waals surface area contributed by atoms with Crippen LogP contribution in [0, 0.1) is 5.92 Å². The summed E-state index contributed by atoms with van der Waals surface area (Å²) in [6, 6.07) is 0.226. The zero-order chi connectivity index (χ0) is 15.0. The van der Waals surface area contributed by atoms with Crippen LogP contribution in [0.25, 0.3) is 0 Å². The highest BCUT2D eigenvalue weighted by molar-refractivity contribution is 5.76. The maximum absolute atomic E-state index is 12.3. The highest BCUT2D eigenvalue weighted by Gasteiger charge is 2.20. The molecule has 0 bridgehead atoms. The van der Waals surface area contributed by atoms with E-state index in [1.165, 1.54) is 12.8 Å². The summed E-state index contributed by atoms with van der Waals surface area (Å²) in [7, 11) is 0. The van der Waals surface area contributed by atoms with Crippen LogP contribution in [0.15, 0.2) is 0 Å². The van der Waals surface area contributed by atoms with Crippen LogP contribution in [0.4, 0.5) is 0 Å². The number of nitrogens with zero attached hydrogens (tertiary/aromatic N) is 1. The average molecular weight is 284 g/mol. The van der Waals surface area contributed by atoms with Crippen LogP contribution >= 0.6 is 0 Å². The monoisotopic (exact) mass is 284 g/mol. The van der Waals surface area contributed by atoms with Gasteiger partial charge in [-0.25, -0.2) is 0 Å². The van der Waals surface area contributed by atoms with Gasteiger partial charge in [-0.1, -0.05) is 26.7 Å². The van der Waals surface area contributed by atoms with Crippen molar-refractivity contribution in [3.8, 4) is 0 Å². The van der Waals surface area contributed by atoms with Crippen molar-refractivity contribution in [2.45, 2.75) is 71.4 Å². The zero-order valence-electron chi connectivity index (χ0n) is 13.4. The van der Waals surface area contributed by atoms with Crippen LogP contribution in [-0.2, 0) is 4.79 Å². The first kappa shape index (κ1) is 17.4. The van der Waals surface area contributed by atoms with Crippen LogP contribution in [-0.4, -0.2) is 47.7 Å². The Bertz CT molecular complexity index is 274. The van der Waals surface area contributed by atoms with E-state index in [-0.39, 0.29) is 24.6 Å². The second kappa shape index (κ2) is 9.35. The van der Waals surface area contributed by atoms with Crippen molar-refractivity contribution in [3.05, 3.63) is 0 Å². The van der Waals surface area contributed by atoms with Gasteiger partial charge in [-0.05, 0) is 32.1 Å². The van der Waals surface area contributed by atoms with Gasteiger partial charge in [0.1, 0.15) is 0 Å². The summed E-state index contributed by atoms with van der Waals surface area (Å²) in [6.45, 7) is 8.32. The molecule has 1 aliphatic rings. The lowest BCUT2D eigenvalue weighted by Crippen LogP contribution is -2.43.